The predicted octanol–water partition coefficient (Wildman–Crippen LogP) is 2.38. The van der Waals surface area contributed by atoms with Gasteiger partial charge in [-0.3, -0.25) is 14.6 Å². The van der Waals surface area contributed by atoms with Crippen LogP contribution in [0.2, 0.25) is 0 Å². The van der Waals surface area contributed by atoms with Crippen LogP contribution in [-0.4, -0.2) is 43.9 Å². The smallest absolute Gasteiger partial charge is 0.269 e. The van der Waals surface area contributed by atoms with Crippen molar-refractivity contribution in [1.29, 1.82) is 0 Å². The Balaban J connectivity index is 1.72. The summed E-state index contributed by atoms with van der Waals surface area (Å²) >= 11 is 0. The number of carbonyl (C=O) groups is 1. The number of benzene rings is 1. The summed E-state index contributed by atoms with van der Waals surface area (Å²) in [6.45, 7) is 1.27. The zero-order chi connectivity index (χ0) is 20.7. The number of anilines is 1. The van der Waals surface area contributed by atoms with E-state index in [1.807, 2.05) is 28.8 Å². The largest absolute Gasteiger partial charge is 0.384 e. The number of nitrogens with zero attached hydrogens (tertiary/aromatic N) is 5. The highest BCUT2D eigenvalue weighted by Crippen LogP contribution is 2.30. The first-order valence-electron chi connectivity index (χ1n) is 9.85. The van der Waals surface area contributed by atoms with Gasteiger partial charge in [-0.1, -0.05) is 6.07 Å². The van der Waals surface area contributed by atoms with E-state index < -0.39 is 0 Å². The summed E-state index contributed by atoms with van der Waals surface area (Å²) < 4.78 is 1.83. The van der Waals surface area contributed by atoms with Crippen LogP contribution in [-0.2, 0) is 4.79 Å². The molecule has 1 fully saturated rings. The van der Waals surface area contributed by atoms with Crippen LogP contribution in [0.25, 0.3) is 33.1 Å². The SMILES string of the molecule is Nc1ccc(-c2ccc3ncc4ncc(=O)n(C5CCN(C=O)CC5)c4c3c2)cn1. The summed E-state index contributed by atoms with van der Waals surface area (Å²) in [5, 5.41) is 0.866. The number of rotatable bonds is 3. The minimum absolute atomic E-state index is 0.00615. The Kier molecular flexibility index (Phi) is 4.39. The molecule has 1 aliphatic heterocycles. The zero-order valence-corrected chi connectivity index (χ0v) is 16.2. The highest BCUT2D eigenvalue weighted by atomic mass is 16.1. The third-order valence-corrected chi connectivity index (χ3v) is 5.75. The quantitative estimate of drug-likeness (QED) is 0.418. The Morgan fingerprint density at radius 2 is 1.70 bits per heavy atom. The number of nitrogens with two attached hydrogens (primary N) is 1. The van der Waals surface area contributed by atoms with Crippen molar-refractivity contribution < 1.29 is 4.79 Å². The van der Waals surface area contributed by atoms with E-state index in [9.17, 15) is 9.59 Å². The maximum Gasteiger partial charge on any atom is 0.269 e. The van der Waals surface area contributed by atoms with Crippen LogP contribution in [0.1, 0.15) is 18.9 Å². The van der Waals surface area contributed by atoms with E-state index >= 15 is 0 Å². The average molecular weight is 400 g/mol. The lowest BCUT2D eigenvalue weighted by atomic mass is 10.0. The Morgan fingerprint density at radius 3 is 2.43 bits per heavy atom. The summed E-state index contributed by atoms with van der Waals surface area (Å²) in [6.07, 6.45) is 7.12. The molecule has 0 spiro atoms. The van der Waals surface area contributed by atoms with Crippen LogP contribution in [0.4, 0.5) is 5.82 Å². The fourth-order valence-corrected chi connectivity index (χ4v) is 4.18. The summed E-state index contributed by atoms with van der Waals surface area (Å²) in [5.74, 6) is 0.464. The third-order valence-electron chi connectivity index (χ3n) is 5.75. The number of carbonyl (C=O) groups excluding carboxylic acids is 1. The van der Waals surface area contributed by atoms with Crippen LogP contribution >= 0.6 is 0 Å². The second-order valence-corrected chi connectivity index (χ2v) is 7.53. The van der Waals surface area contributed by atoms with Gasteiger partial charge in [0.25, 0.3) is 5.56 Å². The lowest BCUT2D eigenvalue weighted by Gasteiger charge is -2.31. The molecule has 4 aromatic rings. The molecule has 2 N–H and O–H groups in total. The van der Waals surface area contributed by atoms with Crippen molar-refractivity contribution in [3.63, 3.8) is 0 Å². The Morgan fingerprint density at radius 1 is 0.933 bits per heavy atom. The van der Waals surface area contributed by atoms with Gasteiger partial charge in [-0.05, 0) is 42.7 Å². The number of likely N-dealkylation sites (tertiary alicyclic amines) is 1. The number of nitrogen functional groups attached to an aromatic ring is 1. The highest BCUT2D eigenvalue weighted by Gasteiger charge is 2.23. The van der Waals surface area contributed by atoms with Gasteiger partial charge in [0.05, 0.1) is 23.4 Å². The topological polar surface area (TPSA) is 107 Å². The highest BCUT2D eigenvalue weighted by molar-refractivity contribution is 6.03. The first-order valence-corrected chi connectivity index (χ1v) is 9.85. The molecule has 150 valence electrons. The Hall–Kier alpha value is -3.81. The van der Waals surface area contributed by atoms with Gasteiger partial charge in [-0.2, -0.15) is 0 Å². The van der Waals surface area contributed by atoms with Gasteiger partial charge in [-0.15, -0.1) is 0 Å². The molecule has 30 heavy (non-hydrogen) atoms. The molecule has 0 bridgehead atoms. The van der Waals surface area contributed by atoms with Crippen LogP contribution in [0.5, 0.6) is 0 Å². The van der Waals surface area contributed by atoms with Crippen molar-refractivity contribution in [3.8, 4) is 11.1 Å². The maximum absolute atomic E-state index is 12.9. The van der Waals surface area contributed by atoms with Crippen molar-refractivity contribution >= 4 is 34.2 Å². The van der Waals surface area contributed by atoms with Crippen LogP contribution < -0.4 is 11.3 Å². The Bertz CT molecular complexity index is 1310. The maximum atomic E-state index is 12.9. The molecule has 3 aromatic heterocycles. The van der Waals surface area contributed by atoms with Crippen molar-refractivity contribution in [3.05, 3.63) is 59.3 Å². The van der Waals surface area contributed by atoms with E-state index in [4.69, 9.17) is 5.73 Å². The molecule has 8 nitrogen and oxygen atoms in total. The molecule has 5 rings (SSSR count). The number of hydrogen-bond donors (Lipinski definition) is 1. The van der Waals surface area contributed by atoms with E-state index in [0.29, 0.717) is 24.4 Å². The average Bonchev–Trinajstić information content (AvgIpc) is 2.79. The van der Waals surface area contributed by atoms with Gasteiger partial charge >= 0.3 is 0 Å². The molecule has 1 saturated heterocycles. The van der Waals surface area contributed by atoms with Gasteiger partial charge in [-0.25, -0.2) is 9.97 Å². The molecule has 0 unspecified atom stereocenters. The van der Waals surface area contributed by atoms with Crippen molar-refractivity contribution in [2.75, 3.05) is 18.8 Å². The van der Waals surface area contributed by atoms with Gasteiger partial charge < -0.3 is 15.2 Å². The number of hydrogen-bond acceptors (Lipinski definition) is 6. The molecule has 0 atom stereocenters. The fraction of sp³-hybridized carbons (Fsp3) is 0.227. The molecule has 0 aliphatic carbocycles. The number of fused-ring (bicyclic) bond motifs is 3. The van der Waals surface area contributed by atoms with Gasteiger partial charge in [0.1, 0.15) is 11.3 Å². The molecule has 0 radical (unpaired) electrons. The predicted molar refractivity (Wildman–Crippen MR) is 115 cm³/mol. The molecule has 8 heteroatoms. The fourth-order valence-electron chi connectivity index (χ4n) is 4.18. The standard InChI is InChI=1S/C22H20N6O2/c23-20-4-2-15(10-26-20)14-1-3-18-17(9-14)22-19(11-24-18)25-12-21(30)28(22)16-5-7-27(13-29)8-6-16/h1-4,9-13,16H,5-8H2,(H2,23,26). The Labute approximate surface area is 172 Å². The molecule has 0 saturated carbocycles. The van der Waals surface area contributed by atoms with E-state index in [1.165, 1.54) is 6.20 Å². The second-order valence-electron chi connectivity index (χ2n) is 7.53. The summed E-state index contributed by atoms with van der Waals surface area (Å²) in [6, 6.07) is 9.64. The zero-order valence-electron chi connectivity index (χ0n) is 16.2. The lowest BCUT2D eigenvalue weighted by Crippen LogP contribution is -2.37. The molecule has 1 amide bonds. The van der Waals surface area contributed by atoms with Crippen molar-refractivity contribution in [1.82, 2.24) is 24.4 Å². The van der Waals surface area contributed by atoms with Crippen molar-refractivity contribution in [2.45, 2.75) is 18.9 Å². The lowest BCUT2D eigenvalue weighted by molar-refractivity contribution is -0.119. The molecule has 4 heterocycles. The van der Waals surface area contributed by atoms with E-state index in [1.54, 1.807) is 23.4 Å². The van der Waals surface area contributed by atoms with E-state index in [2.05, 4.69) is 15.0 Å². The number of pyridine rings is 2. The third kappa shape index (κ3) is 3.06. The molecular weight excluding hydrogens is 380 g/mol. The van der Waals surface area contributed by atoms with Gasteiger partial charge in [0.15, 0.2) is 0 Å². The summed E-state index contributed by atoms with van der Waals surface area (Å²) in [4.78, 5) is 38.8. The second kappa shape index (κ2) is 7.22. The number of aromatic nitrogens is 4. The van der Waals surface area contributed by atoms with Crippen LogP contribution in [0.3, 0.4) is 0 Å². The molecule has 1 aromatic carbocycles. The minimum Gasteiger partial charge on any atom is -0.384 e. The molecule has 1 aliphatic rings. The van der Waals surface area contributed by atoms with E-state index in [-0.39, 0.29) is 11.6 Å². The number of amides is 1. The minimum atomic E-state index is -0.140. The van der Waals surface area contributed by atoms with Gasteiger partial charge in [0.2, 0.25) is 6.41 Å². The van der Waals surface area contributed by atoms with Crippen LogP contribution in [0, 0.1) is 0 Å². The number of piperidine rings is 1. The van der Waals surface area contributed by atoms with Crippen LogP contribution in [0.15, 0.2) is 53.7 Å². The monoisotopic (exact) mass is 400 g/mol. The first kappa shape index (κ1) is 18.2. The summed E-state index contributed by atoms with van der Waals surface area (Å²) in [5.41, 5.74) is 9.71. The molecular formula is C22H20N6O2. The van der Waals surface area contributed by atoms with Gasteiger partial charge in [0, 0.05) is 36.3 Å². The normalized spacial score (nSPS) is 15.0. The first-order chi connectivity index (χ1) is 14.6. The summed E-state index contributed by atoms with van der Waals surface area (Å²) in [7, 11) is 0. The van der Waals surface area contributed by atoms with Crippen molar-refractivity contribution in [2.24, 2.45) is 0 Å². The van der Waals surface area contributed by atoms with E-state index in [0.717, 1.165) is 46.8 Å².